The molecule has 1 atom stereocenters. The lowest BCUT2D eigenvalue weighted by Gasteiger charge is -2.22. The van der Waals surface area contributed by atoms with Crippen LogP contribution in [0.5, 0.6) is 0 Å². The highest BCUT2D eigenvalue weighted by molar-refractivity contribution is 5.75. The molecule has 2 heterocycles. The van der Waals surface area contributed by atoms with E-state index in [4.69, 9.17) is 0 Å². The summed E-state index contributed by atoms with van der Waals surface area (Å²) in [6, 6.07) is 10.0. The van der Waals surface area contributed by atoms with E-state index in [9.17, 15) is 4.79 Å². The summed E-state index contributed by atoms with van der Waals surface area (Å²) in [4.78, 5) is 23.2. The SMILES string of the molecule is CC(C)[C@@H](C)NC(=O)N1Cc2cnc(-c3ccccc3)nc2C1. The molecule has 0 aliphatic carbocycles. The average molecular weight is 310 g/mol. The van der Waals surface area contributed by atoms with E-state index in [1.807, 2.05) is 43.5 Å². The van der Waals surface area contributed by atoms with Gasteiger partial charge in [0.2, 0.25) is 0 Å². The van der Waals surface area contributed by atoms with E-state index in [-0.39, 0.29) is 12.1 Å². The van der Waals surface area contributed by atoms with E-state index in [1.54, 1.807) is 4.90 Å². The third-order valence-corrected chi connectivity index (χ3v) is 4.33. The third kappa shape index (κ3) is 3.33. The van der Waals surface area contributed by atoms with Gasteiger partial charge < -0.3 is 10.2 Å². The van der Waals surface area contributed by atoms with Gasteiger partial charge in [-0.05, 0) is 12.8 Å². The van der Waals surface area contributed by atoms with Crippen molar-refractivity contribution in [3.05, 3.63) is 47.8 Å². The van der Waals surface area contributed by atoms with Crippen molar-refractivity contribution < 1.29 is 4.79 Å². The minimum absolute atomic E-state index is 0.0366. The van der Waals surface area contributed by atoms with Crippen LogP contribution in [0.25, 0.3) is 11.4 Å². The predicted octanol–water partition coefficient (Wildman–Crippen LogP) is 3.21. The Morgan fingerprint density at radius 1 is 1.17 bits per heavy atom. The van der Waals surface area contributed by atoms with Crippen molar-refractivity contribution in [1.29, 1.82) is 0 Å². The molecule has 0 saturated heterocycles. The molecule has 2 aromatic rings. The van der Waals surface area contributed by atoms with E-state index in [0.29, 0.717) is 24.8 Å². The number of fused-ring (bicyclic) bond motifs is 1. The Morgan fingerprint density at radius 3 is 2.61 bits per heavy atom. The molecular weight excluding hydrogens is 288 g/mol. The monoisotopic (exact) mass is 310 g/mol. The lowest BCUT2D eigenvalue weighted by atomic mass is 10.1. The molecule has 5 nitrogen and oxygen atoms in total. The number of benzene rings is 1. The summed E-state index contributed by atoms with van der Waals surface area (Å²) >= 11 is 0. The summed E-state index contributed by atoms with van der Waals surface area (Å²) in [6.07, 6.45) is 1.84. The lowest BCUT2D eigenvalue weighted by Crippen LogP contribution is -2.43. The van der Waals surface area contributed by atoms with Crippen molar-refractivity contribution in [1.82, 2.24) is 20.2 Å². The van der Waals surface area contributed by atoms with Crippen molar-refractivity contribution in [2.24, 2.45) is 5.92 Å². The minimum atomic E-state index is -0.0366. The maximum absolute atomic E-state index is 12.4. The minimum Gasteiger partial charge on any atom is -0.335 e. The topological polar surface area (TPSA) is 58.1 Å². The number of urea groups is 1. The first-order valence-corrected chi connectivity index (χ1v) is 8.00. The number of aromatic nitrogens is 2. The van der Waals surface area contributed by atoms with Crippen molar-refractivity contribution >= 4 is 6.03 Å². The van der Waals surface area contributed by atoms with E-state index in [1.165, 1.54) is 0 Å². The second kappa shape index (κ2) is 6.36. The number of carbonyl (C=O) groups is 1. The van der Waals surface area contributed by atoms with E-state index >= 15 is 0 Å². The fourth-order valence-electron chi connectivity index (χ4n) is 2.48. The highest BCUT2D eigenvalue weighted by Gasteiger charge is 2.26. The van der Waals surface area contributed by atoms with E-state index in [0.717, 1.165) is 16.8 Å². The highest BCUT2D eigenvalue weighted by Crippen LogP contribution is 2.23. The number of hydrogen-bond acceptors (Lipinski definition) is 3. The Morgan fingerprint density at radius 2 is 1.91 bits per heavy atom. The molecule has 1 aliphatic heterocycles. The molecule has 1 aromatic heterocycles. The number of rotatable bonds is 3. The Balaban J connectivity index is 1.73. The Hall–Kier alpha value is -2.43. The molecule has 1 aliphatic rings. The van der Waals surface area contributed by atoms with Gasteiger partial charge in [0.25, 0.3) is 0 Å². The van der Waals surface area contributed by atoms with Crippen LogP contribution in [0.4, 0.5) is 4.79 Å². The van der Waals surface area contributed by atoms with Crippen molar-refractivity contribution in [2.45, 2.75) is 39.9 Å². The zero-order valence-corrected chi connectivity index (χ0v) is 13.8. The highest BCUT2D eigenvalue weighted by atomic mass is 16.2. The Bertz CT molecular complexity index is 699. The maximum Gasteiger partial charge on any atom is 0.318 e. The molecule has 1 aromatic carbocycles. The van der Waals surface area contributed by atoms with E-state index in [2.05, 4.69) is 29.1 Å². The Kier molecular flexibility index (Phi) is 4.28. The third-order valence-electron chi connectivity index (χ3n) is 4.33. The summed E-state index contributed by atoms with van der Waals surface area (Å²) in [5.41, 5.74) is 2.95. The van der Waals surface area contributed by atoms with Crippen LogP contribution in [0.2, 0.25) is 0 Å². The van der Waals surface area contributed by atoms with Crippen LogP contribution in [0.1, 0.15) is 32.0 Å². The summed E-state index contributed by atoms with van der Waals surface area (Å²) in [5, 5.41) is 3.04. The van der Waals surface area contributed by atoms with Gasteiger partial charge in [0.05, 0.1) is 18.8 Å². The quantitative estimate of drug-likeness (QED) is 0.947. The van der Waals surface area contributed by atoms with Crippen LogP contribution in [-0.4, -0.2) is 26.9 Å². The van der Waals surface area contributed by atoms with Crippen LogP contribution in [0.15, 0.2) is 36.5 Å². The molecule has 0 saturated carbocycles. The first-order valence-electron chi connectivity index (χ1n) is 8.00. The van der Waals surface area contributed by atoms with Gasteiger partial charge in [-0.25, -0.2) is 14.8 Å². The summed E-state index contributed by atoms with van der Waals surface area (Å²) in [7, 11) is 0. The van der Waals surface area contributed by atoms with Crippen molar-refractivity contribution in [3.63, 3.8) is 0 Å². The molecule has 3 rings (SSSR count). The second-order valence-electron chi connectivity index (χ2n) is 6.37. The van der Waals surface area contributed by atoms with Crippen LogP contribution < -0.4 is 5.32 Å². The fraction of sp³-hybridized carbons (Fsp3) is 0.389. The van der Waals surface area contributed by atoms with Gasteiger partial charge in [0, 0.05) is 23.4 Å². The maximum atomic E-state index is 12.4. The lowest BCUT2D eigenvalue weighted by molar-refractivity contribution is 0.191. The molecule has 2 amide bonds. The molecule has 0 bridgehead atoms. The Labute approximate surface area is 136 Å². The molecular formula is C18H22N4O. The van der Waals surface area contributed by atoms with Gasteiger partial charge >= 0.3 is 6.03 Å². The van der Waals surface area contributed by atoms with Crippen molar-refractivity contribution in [2.75, 3.05) is 0 Å². The predicted molar refractivity (Wildman–Crippen MR) is 89.5 cm³/mol. The normalized spacial score (nSPS) is 14.7. The number of nitrogens with zero attached hydrogens (tertiary/aromatic N) is 3. The molecule has 1 N–H and O–H groups in total. The largest absolute Gasteiger partial charge is 0.335 e. The first kappa shape index (κ1) is 15.5. The van der Waals surface area contributed by atoms with Gasteiger partial charge in [0.15, 0.2) is 5.82 Å². The molecule has 23 heavy (non-hydrogen) atoms. The molecule has 0 radical (unpaired) electrons. The average Bonchev–Trinajstić information content (AvgIpc) is 2.98. The zero-order valence-electron chi connectivity index (χ0n) is 13.8. The van der Waals surface area contributed by atoms with Crippen LogP contribution in [0, 0.1) is 5.92 Å². The summed E-state index contributed by atoms with van der Waals surface area (Å²) in [6.45, 7) is 7.33. The molecule has 120 valence electrons. The van der Waals surface area contributed by atoms with Gasteiger partial charge in [0.1, 0.15) is 0 Å². The van der Waals surface area contributed by atoms with Gasteiger partial charge in [-0.15, -0.1) is 0 Å². The van der Waals surface area contributed by atoms with Crippen LogP contribution >= 0.6 is 0 Å². The second-order valence-corrected chi connectivity index (χ2v) is 6.37. The smallest absolute Gasteiger partial charge is 0.318 e. The molecule has 0 fully saturated rings. The van der Waals surface area contributed by atoms with Crippen LogP contribution in [0.3, 0.4) is 0 Å². The van der Waals surface area contributed by atoms with Gasteiger partial charge in [-0.2, -0.15) is 0 Å². The first-order chi connectivity index (χ1) is 11.0. The zero-order chi connectivity index (χ0) is 16.4. The number of nitrogens with one attached hydrogen (secondary N) is 1. The van der Waals surface area contributed by atoms with Crippen LogP contribution in [-0.2, 0) is 13.1 Å². The molecule has 0 unspecified atom stereocenters. The van der Waals surface area contributed by atoms with Crippen molar-refractivity contribution in [3.8, 4) is 11.4 Å². The number of hydrogen-bond donors (Lipinski definition) is 1. The number of carbonyl (C=O) groups excluding carboxylic acids is 1. The molecule has 5 heteroatoms. The molecule has 0 spiro atoms. The van der Waals surface area contributed by atoms with Gasteiger partial charge in [-0.1, -0.05) is 44.2 Å². The van der Waals surface area contributed by atoms with E-state index < -0.39 is 0 Å². The number of amides is 2. The summed E-state index contributed by atoms with van der Waals surface area (Å²) < 4.78 is 0. The summed E-state index contributed by atoms with van der Waals surface area (Å²) in [5.74, 6) is 1.12. The van der Waals surface area contributed by atoms with Gasteiger partial charge in [-0.3, -0.25) is 0 Å². The fourth-order valence-corrected chi connectivity index (χ4v) is 2.48. The standard InChI is InChI=1S/C18H22N4O/c1-12(2)13(3)20-18(23)22-10-15-9-19-17(21-16(15)11-22)14-7-5-4-6-8-14/h4-9,12-13H,10-11H2,1-3H3,(H,20,23)/t13-/m1/s1.